The first-order valence-electron chi connectivity index (χ1n) is 7.07. The molecule has 0 unspecified atom stereocenters. The highest BCUT2D eigenvalue weighted by Gasteiger charge is 2.12. The monoisotopic (exact) mass is 317 g/mol. The lowest BCUT2D eigenvalue weighted by molar-refractivity contribution is -0.118. The largest absolute Gasteiger partial charge is 0.370 e. The topological polar surface area (TPSA) is 85.1 Å². The van der Waals surface area contributed by atoms with E-state index in [1.54, 1.807) is 5.38 Å². The minimum Gasteiger partial charge on any atom is -0.370 e. The summed E-state index contributed by atoms with van der Waals surface area (Å²) in [5.74, 6) is -0.586. The van der Waals surface area contributed by atoms with Crippen LogP contribution in [-0.4, -0.2) is 23.3 Å². The number of carbonyl (C=O) groups excluding carboxylic acids is 2. The first kappa shape index (κ1) is 16.2. The van der Waals surface area contributed by atoms with E-state index in [0.717, 1.165) is 16.1 Å². The fourth-order valence-electron chi connectivity index (χ4n) is 2.11. The zero-order valence-corrected chi connectivity index (χ0v) is 13.5. The minimum absolute atomic E-state index is 0.225. The quantitative estimate of drug-likeness (QED) is 0.802. The predicted octanol–water partition coefficient (Wildman–Crippen LogP) is 2.42. The van der Waals surface area contributed by atoms with E-state index >= 15 is 0 Å². The molecule has 0 bridgehead atoms. The molecule has 0 atom stereocenters. The van der Waals surface area contributed by atoms with Gasteiger partial charge >= 0.3 is 0 Å². The molecule has 2 aromatic rings. The molecule has 0 spiro atoms. The first-order valence-corrected chi connectivity index (χ1v) is 7.95. The Hall–Kier alpha value is -2.21. The van der Waals surface area contributed by atoms with Gasteiger partial charge in [0.25, 0.3) is 5.91 Å². The number of aromatic nitrogens is 1. The van der Waals surface area contributed by atoms with E-state index < -0.39 is 0 Å². The number of aryl methyl sites for hydroxylation is 2. The van der Waals surface area contributed by atoms with E-state index in [2.05, 4.69) is 16.4 Å². The Morgan fingerprint density at radius 2 is 2.09 bits per heavy atom. The molecule has 0 aliphatic heterocycles. The maximum absolute atomic E-state index is 12.0. The van der Waals surface area contributed by atoms with E-state index in [1.807, 2.05) is 26.0 Å². The summed E-state index contributed by atoms with van der Waals surface area (Å²) in [6.07, 6.45) is 0.806. The molecule has 5 nitrogen and oxygen atoms in total. The molecule has 2 amide bonds. The van der Waals surface area contributed by atoms with Gasteiger partial charge in [-0.2, -0.15) is 0 Å². The molecule has 22 heavy (non-hydrogen) atoms. The number of nitrogens with zero attached hydrogens (tertiary/aromatic N) is 1. The molecule has 3 N–H and O–H groups in total. The number of thiazole rings is 1. The van der Waals surface area contributed by atoms with Crippen LogP contribution in [0.1, 0.15) is 34.5 Å². The van der Waals surface area contributed by atoms with Crippen molar-refractivity contribution in [3.05, 3.63) is 40.4 Å². The summed E-state index contributed by atoms with van der Waals surface area (Å²) < 4.78 is 0. The molecule has 0 aliphatic rings. The van der Waals surface area contributed by atoms with Crippen molar-refractivity contribution in [2.24, 2.45) is 5.73 Å². The minimum atomic E-state index is -0.361. The average Bonchev–Trinajstić information content (AvgIpc) is 2.92. The van der Waals surface area contributed by atoms with E-state index in [4.69, 9.17) is 5.73 Å². The molecule has 0 aliphatic carbocycles. The molecule has 1 aromatic carbocycles. The SMILES string of the molecule is Cc1ccc(-c2nc(C(=O)NCCCC(N)=O)cs2)c(C)c1. The van der Waals surface area contributed by atoms with Gasteiger partial charge < -0.3 is 11.1 Å². The Balaban J connectivity index is 2.01. The fraction of sp³-hybridized carbons (Fsp3) is 0.312. The van der Waals surface area contributed by atoms with Gasteiger partial charge in [-0.3, -0.25) is 9.59 Å². The van der Waals surface area contributed by atoms with E-state index in [1.165, 1.54) is 16.9 Å². The summed E-state index contributed by atoms with van der Waals surface area (Å²) >= 11 is 1.45. The van der Waals surface area contributed by atoms with Crippen LogP contribution in [0.3, 0.4) is 0 Å². The van der Waals surface area contributed by atoms with Crippen LogP contribution in [-0.2, 0) is 4.79 Å². The van der Waals surface area contributed by atoms with Crippen LogP contribution in [0.15, 0.2) is 23.6 Å². The molecule has 1 heterocycles. The molecular weight excluding hydrogens is 298 g/mol. The average molecular weight is 317 g/mol. The number of hydrogen-bond acceptors (Lipinski definition) is 4. The highest BCUT2D eigenvalue weighted by atomic mass is 32.1. The molecule has 0 radical (unpaired) electrons. The Morgan fingerprint density at radius 3 is 2.77 bits per heavy atom. The van der Waals surface area contributed by atoms with Gasteiger partial charge in [0.15, 0.2) is 0 Å². The molecule has 1 aromatic heterocycles. The number of benzene rings is 1. The fourth-order valence-corrected chi connectivity index (χ4v) is 3.00. The second-order valence-electron chi connectivity index (χ2n) is 5.18. The van der Waals surface area contributed by atoms with Gasteiger partial charge in [-0.15, -0.1) is 11.3 Å². The van der Waals surface area contributed by atoms with Gasteiger partial charge in [0.1, 0.15) is 10.7 Å². The van der Waals surface area contributed by atoms with Crippen molar-refractivity contribution in [2.75, 3.05) is 6.54 Å². The van der Waals surface area contributed by atoms with E-state index in [-0.39, 0.29) is 18.2 Å². The summed E-state index contributed by atoms with van der Waals surface area (Å²) in [7, 11) is 0. The van der Waals surface area contributed by atoms with Crippen LogP contribution in [0.4, 0.5) is 0 Å². The van der Waals surface area contributed by atoms with Crippen molar-refractivity contribution in [2.45, 2.75) is 26.7 Å². The third kappa shape index (κ3) is 4.14. The third-order valence-electron chi connectivity index (χ3n) is 3.23. The smallest absolute Gasteiger partial charge is 0.270 e. The summed E-state index contributed by atoms with van der Waals surface area (Å²) in [5, 5.41) is 5.32. The molecule has 0 fully saturated rings. The number of hydrogen-bond donors (Lipinski definition) is 2. The summed E-state index contributed by atoms with van der Waals surface area (Å²) in [4.78, 5) is 27.0. The van der Waals surface area contributed by atoms with Crippen molar-refractivity contribution >= 4 is 23.2 Å². The second kappa shape index (κ2) is 7.17. The zero-order valence-electron chi connectivity index (χ0n) is 12.7. The van der Waals surface area contributed by atoms with Crippen LogP contribution >= 0.6 is 11.3 Å². The number of nitrogens with one attached hydrogen (secondary N) is 1. The van der Waals surface area contributed by atoms with Crippen LogP contribution in [0.2, 0.25) is 0 Å². The summed E-state index contributed by atoms with van der Waals surface area (Å²) in [6.45, 7) is 4.50. The summed E-state index contributed by atoms with van der Waals surface area (Å²) in [5.41, 5.74) is 8.84. The molecule has 116 valence electrons. The number of primary amides is 1. The first-order chi connectivity index (χ1) is 10.5. The second-order valence-corrected chi connectivity index (χ2v) is 6.04. The summed E-state index contributed by atoms with van der Waals surface area (Å²) in [6, 6.07) is 6.16. The van der Waals surface area contributed by atoms with Gasteiger partial charge in [-0.25, -0.2) is 4.98 Å². The number of nitrogens with two attached hydrogens (primary N) is 1. The van der Waals surface area contributed by atoms with Crippen molar-refractivity contribution in [1.82, 2.24) is 10.3 Å². The maximum atomic E-state index is 12.0. The van der Waals surface area contributed by atoms with Crippen LogP contribution in [0.25, 0.3) is 10.6 Å². The molecular formula is C16H19N3O2S. The lowest BCUT2D eigenvalue weighted by Gasteiger charge is -2.03. The number of amides is 2. The van der Waals surface area contributed by atoms with E-state index in [9.17, 15) is 9.59 Å². The number of rotatable bonds is 6. The van der Waals surface area contributed by atoms with E-state index in [0.29, 0.717) is 18.7 Å². The van der Waals surface area contributed by atoms with Gasteiger partial charge in [0.05, 0.1) is 0 Å². The standard InChI is InChI=1S/C16H19N3O2S/c1-10-5-6-12(11(2)8-10)16-19-13(9-22-16)15(21)18-7-3-4-14(17)20/h5-6,8-9H,3-4,7H2,1-2H3,(H2,17,20)(H,18,21). The Morgan fingerprint density at radius 1 is 1.32 bits per heavy atom. The Labute approximate surface area is 133 Å². The molecule has 0 saturated carbocycles. The van der Waals surface area contributed by atoms with Crippen LogP contribution in [0, 0.1) is 13.8 Å². The third-order valence-corrected chi connectivity index (χ3v) is 4.11. The van der Waals surface area contributed by atoms with Gasteiger partial charge in [-0.05, 0) is 25.8 Å². The lowest BCUT2D eigenvalue weighted by Crippen LogP contribution is -2.25. The van der Waals surface area contributed by atoms with Crippen molar-refractivity contribution in [3.8, 4) is 10.6 Å². The molecule has 6 heteroatoms. The van der Waals surface area contributed by atoms with Crippen molar-refractivity contribution < 1.29 is 9.59 Å². The van der Waals surface area contributed by atoms with Crippen LogP contribution < -0.4 is 11.1 Å². The Kier molecular flexibility index (Phi) is 5.27. The van der Waals surface area contributed by atoms with Gasteiger partial charge in [0.2, 0.25) is 5.91 Å². The van der Waals surface area contributed by atoms with Gasteiger partial charge in [0, 0.05) is 23.9 Å². The Bertz CT molecular complexity index is 694. The van der Waals surface area contributed by atoms with Crippen molar-refractivity contribution in [1.29, 1.82) is 0 Å². The predicted molar refractivity (Wildman–Crippen MR) is 87.8 cm³/mol. The normalized spacial score (nSPS) is 10.5. The van der Waals surface area contributed by atoms with Gasteiger partial charge in [-0.1, -0.05) is 23.8 Å². The van der Waals surface area contributed by atoms with Crippen molar-refractivity contribution in [3.63, 3.8) is 0 Å². The molecule has 2 rings (SSSR count). The lowest BCUT2D eigenvalue weighted by atomic mass is 10.1. The number of carbonyl (C=O) groups is 2. The molecule has 0 saturated heterocycles. The zero-order chi connectivity index (χ0) is 16.1. The maximum Gasteiger partial charge on any atom is 0.270 e. The van der Waals surface area contributed by atoms with Crippen LogP contribution in [0.5, 0.6) is 0 Å². The highest BCUT2D eigenvalue weighted by Crippen LogP contribution is 2.27. The highest BCUT2D eigenvalue weighted by molar-refractivity contribution is 7.13.